The van der Waals surface area contributed by atoms with E-state index in [2.05, 4.69) is 15.6 Å². The zero-order valence-electron chi connectivity index (χ0n) is 21.3. The Balaban J connectivity index is 0.000000204. The van der Waals surface area contributed by atoms with Crippen LogP contribution in [-0.4, -0.2) is 77.8 Å². The van der Waals surface area contributed by atoms with Gasteiger partial charge in [-0.3, -0.25) is 29.6 Å². The molecule has 200 valence electrons. The number of amidine groups is 1. The van der Waals surface area contributed by atoms with Crippen LogP contribution in [0.1, 0.15) is 46.8 Å². The van der Waals surface area contributed by atoms with Crippen molar-refractivity contribution in [3.05, 3.63) is 59.1 Å². The fraction of sp³-hybridized carbons (Fsp3) is 0.346. The first kappa shape index (κ1) is 26.6. The summed E-state index contributed by atoms with van der Waals surface area (Å²) in [6, 6.07) is 7.47. The van der Waals surface area contributed by atoms with Crippen molar-refractivity contribution >= 4 is 35.7 Å². The summed E-state index contributed by atoms with van der Waals surface area (Å²) in [6.07, 6.45) is 2.57. The average molecular weight is 524 g/mol. The smallest absolute Gasteiger partial charge is 0.322 e. The van der Waals surface area contributed by atoms with Crippen molar-refractivity contribution in [2.45, 2.75) is 32.0 Å². The molecule has 2 unspecified atom stereocenters. The molecule has 0 bridgehead atoms. The van der Waals surface area contributed by atoms with Gasteiger partial charge in [0.15, 0.2) is 6.04 Å². The maximum absolute atomic E-state index is 11.8. The van der Waals surface area contributed by atoms with Gasteiger partial charge in [-0.2, -0.15) is 0 Å². The van der Waals surface area contributed by atoms with Gasteiger partial charge in [-0.05, 0) is 48.9 Å². The van der Waals surface area contributed by atoms with Crippen LogP contribution in [0.15, 0.2) is 45.8 Å². The summed E-state index contributed by atoms with van der Waals surface area (Å²) in [5.74, 6) is 1.33. The second-order valence-corrected chi connectivity index (χ2v) is 8.76. The molecule has 3 N–H and O–H groups in total. The Morgan fingerprint density at radius 3 is 2.63 bits per heavy atom. The molecular formula is C26H29N5O7. The van der Waals surface area contributed by atoms with Crippen molar-refractivity contribution in [2.75, 3.05) is 27.2 Å². The van der Waals surface area contributed by atoms with Crippen molar-refractivity contribution in [2.24, 2.45) is 4.99 Å². The van der Waals surface area contributed by atoms with Crippen molar-refractivity contribution in [1.29, 1.82) is 0 Å². The van der Waals surface area contributed by atoms with E-state index in [1.807, 2.05) is 30.0 Å². The van der Waals surface area contributed by atoms with Gasteiger partial charge in [0.2, 0.25) is 5.91 Å². The third-order valence-corrected chi connectivity index (χ3v) is 6.29. The number of carbonyl (C=O) groups is 4. The fourth-order valence-corrected chi connectivity index (χ4v) is 4.30. The van der Waals surface area contributed by atoms with Crippen LogP contribution in [0, 0.1) is 0 Å². The van der Waals surface area contributed by atoms with Gasteiger partial charge in [0, 0.05) is 25.7 Å². The molecule has 4 heterocycles. The van der Waals surface area contributed by atoms with Gasteiger partial charge in [0.1, 0.15) is 23.1 Å². The number of nitrogens with one attached hydrogen (secondary N) is 2. The molecular weight excluding hydrogens is 494 g/mol. The number of aliphatic hydroxyl groups excluding tert-OH is 1. The van der Waals surface area contributed by atoms with Crippen LogP contribution in [0.3, 0.4) is 0 Å². The zero-order valence-corrected chi connectivity index (χ0v) is 21.3. The van der Waals surface area contributed by atoms with Crippen LogP contribution in [0.25, 0.3) is 6.08 Å². The summed E-state index contributed by atoms with van der Waals surface area (Å²) < 4.78 is 10.6. The highest BCUT2D eigenvalue weighted by molar-refractivity contribution is 6.07. The first-order chi connectivity index (χ1) is 18.2. The molecule has 12 heteroatoms. The van der Waals surface area contributed by atoms with Crippen LogP contribution in [0.2, 0.25) is 0 Å². The first-order valence-corrected chi connectivity index (χ1v) is 12.0. The molecule has 2 saturated heterocycles. The number of hydrogen-bond acceptors (Lipinski definition) is 8. The Bertz CT molecular complexity index is 1310. The number of hydrogen-bond donors (Lipinski definition) is 3. The van der Waals surface area contributed by atoms with E-state index in [1.54, 1.807) is 38.4 Å². The number of methoxy groups -OCH3 is 1. The van der Waals surface area contributed by atoms with E-state index in [0.29, 0.717) is 17.4 Å². The zero-order chi connectivity index (χ0) is 27.4. The Morgan fingerprint density at radius 2 is 2.03 bits per heavy atom. The molecule has 2 aromatic rings. The molecule has 0 spiro atoms. The van der Waals surface area contributed by atoms with Crippen molar-refractivity contribution in [3.8, 4) is 5.75 Å². The quantitative estimate of drug-likeness (QED) is 0.305. The lowest BCUT2D eigenvalue weighted by Gasteiger charge is -2.14. The third-order valence-electron chi connectivity index (χ3n) is 6.29. The number of nitrogens with zero attached hydrogens (tertiary/aromatic N) is 3. The summed E-state index contributed by atoms with van der Waals surface area (Å²) >= 11 is 0. The van der Waals surface area contributed by atoms with Crippen molar-refractivity contribution in [1.82, 2.24) is 20.4 Å². The molecule has 1 aromatic carbocycles. The highest BCUT2D eigenvalue weighted by Gasteiger charge is 2.33. The maximum atomic E-state index is 11.8. The van der Waals surface area contributed by atoms with E-state index in [0.717, 1.165) is 30.0 Å². The summed E-state index contributed by atoms with van der Waals surface area (Å²) in [4.78, 5) is 53.5. The van der Waals surface area contributed by atoms with Gasteiger partial charge < -0.3 is 24.5 Å². The van der Waals surface area contributed by atoms with Crippen LogP contribution >= 0.6 is 0 Å². The monoisotopic (exact) mass is 523 g/mol. The maximum Gasteiger partial charge on any atom is 0.322 e. The summed E-state index contributed by atoms with van der Waals surface area (Å²) in [5.41, 5.74) is 1.88. The van der Waals surface area contributed by atoms with E-state index in [4.69, 9.17) is 9.15 Å². The number of ether oxygens (including phenoxy) is 1. The van der Waals surface area contributed by atoms with Gasteiger partial charge in [-0.25, -0.2) is 4.79 Å². The SMILES string of the molecule is CCN1Cc2ccc(OC)cc2C1=O.CN=C(/C=C\c1ccc(C2NC(=O)NC2=O)o1)N1CC(O)CC1=O. The third kappa shape index (κ3) is 5.59. The molecule has 5 rings (SSSR count). The van der Waals surface area contributed by atoms with E-state index in [9.17, 15) is 24.3 Å². The topological polar surface area (TPSA) is 154 Å². The minimum Gasteiger partial charge on any atom is -0.497 e. The predicted molar refractivity (Wildman–Crippen MR) is 136 cm³/mol. The summed E-state index contributed by atoms with van der Waals surface area (Å²) in [7, 11) is 3.16. The largest absolute Gasteiger partial charge is 0.497 e. The molecule has 0 aliphatic carbocycles. The Morgan fingerprint density at radius 1 is 1.24 bits per heavy atom. The number of likely N-dealkylation sites (tertiary alicyclic amines) is 1. The van der Waals surface area contributed by atoms with Crippen LogP contribution in [0.5, 0.6) is 5.75 Å². The molecule has 2 fully saturated rings. The van der Waals surface area contributed by atoms with Gasteiger partial charge >= 0.3 is 6.03 Å². The fourth-order valence-electron chi connectivity index (χ4n) is 4.30. The van der Waals surface area contributed by atoms with Gasteiger partial charge in [-0.15, -0.1) is 0 Å². The first-order valence-electron chi connectivity index (χ1n) is 12.0. The number of imide groups is 1. The number of fused-ring (bicyclic) bond motifs is 1. The Labute approximate surface area is 218 Å². The Kier molecular flexibility index (Phi) is 7.91. The standard InChI is InChI=1S/C15H16N4O5.C11H13NO2/c1-16-11(19-7-8(20)6-12(19)21)5-3-9-2-4-10(24-9)13-14(22)18-15(23)17-13;1-3-12-7-8-4-5-9(14-2)6-10(8)11(12)13/h2-5,8,13,20H,6-7H2,1H3,(H2,17,18,22,23);4-6H,3,7H2,1-2H3/b5-3-,16-11?;. The van der Waals surface area contributed by atoms with E-state index in [-0.39, 0.29) is 24.8 Å². The summed E-state index contributed by atoms with van der Waals surface area (Å²) in [5, 5.41) is 14.1. The molecule has 0 saturated carbocycles. The normalized spacial score (nSPS) is 21.0. The number of furan rings is 1. The molecule has 38 heavy (non-hydrogen) atoms. The van der Waals surface area contributed by atoms with Crippen molar-refractivity contribution in [3.63, 3.8) is 0 Å². The lowest BCUT2D eigenvalue weighted by atomic mass is 10.1. The van der Waals surface area contributed by atoms with E-state index in [1.165, 1.54) is 4.90 Å². The summed E-state index contributed by atoms with van der Waals surface area (Å²) in [6.45, 7) is 3.68. The number of amides is 5. The van der Waals surface area contributed by atoms with Crippen LogP contribution in [-0.2, 0) is 16.1 Å². The molecule has 5 amide bonds. The van der Waals surface area contributed by atoms with Gasteiger partial charge in [0.05, 0.1) is 26.2 Å². The molecule has 3 aliphatic heterocycles. The highest BCUT2D eigenvalue weighted by atomic mass is 16.5. The highest BCUT2D eigenvalue weighted by Crippen LogP contribution is 2.26. The lowest BCUT2D eigenvalue weighted by Crippen LogP contribution is -2.31. The second kappa shape index (κ2) is 11.3. The van der Waals surface area contributed by atoms with Crippen molar-refractivity contribution < 1.29 is 33.4 Å². The number of aliphatic imine (C=N–C) groups is 1. The predicted octanol–water partition coefficient (Wildman–Crippen LogP) is 1.47. The number of carbonyl (C=O) groups excluding carboxylic acids is 4. The molecule has 3 aliphatic rings. The van der Waals surface area contributed by atoms with Crippen LogP contribution < -0.4 is 15.4 Å². The number of β-amino-alcohol motifs (C(OH)–C–C–N with tert-alkyl or cyclic N) is 1. The molecule has 1 aromatic heterocycles. The lowest BCUT2D eigenvalue weighted by molar-refractivity contribution is -0.124. The van der Waals surface area contributed by atoms with E-state index >= 15 is 0 Å². The second-order valence-electron chi connectivity index (χ2n) is 8.76. The molecule has 0 radical (unpaired) electrons. The number of urea groups is 1. The van der Waals surface area contributed by atoms with Crippen LogP contribution in [0.4, 0.5) is 4.79 Å². The number of rotatable bonds is 5. The molecule has 2 atom stereocenters. The number of benzene rings is 1. The molecule has 12 nitrogen and oxygen atoms in total. The Hall–Kier alpha value is -4.45. The average Bonchev–Trinajstić information content (AvgIpc) is 3.66. The number of aliphatic hydroxyl groups is 1. The van der Waals surface area contributed by atoms with E-state index < -0.39 is 24.1 Å². The minimum atomic E-state index is -0.853. The van der Waals surface area contributed by atoms with Gasteiger partial charge in [-0.1, -0.05) is 6.07 Å². The minimum absolute atomic E-state index is 0.0776. The van der Waals surface area contributed by atoms with Gasteiger partial charge in [0.25, 0.3) is 11.8 Å².